The minimum atomic E-state index is 0.821. The van der Waals surface area contributed by atoms with Crippen molar-refractivity contribution in [3.8, 4) is 0 Å². The van der Waals surface area contributed by atoms with Crippen molar-refractivity contribution in [1.82, 2.24) is 9.38 Å². The van der Waals surface area contributed by atoms with Crippen LogP contribution < -0.4 is 0 Å². The number of hydrogen-bond acceptors (Lipinski definition) is 1. The lowest BCUT2D eigenvalue weighted by molar-refractivity contribution is 0.918. The molecule has 0 atom stereocenters. The Morgan fingerprint density at radius 1 is 1.27 bits per heavy atom. The van der Waals surface area contributed by atoms with E-state index in [1.54, 1.807) is 0 Å². The summed E-state index contributed by atoms with van der Waals surface area (Å²) < 4.78 is 2.22. The highest BCUT2D eigenvalue weighted by atomic mass is 79.9. The molecule has 2 aromatic heterocycles. The fourth-order valence-corrected chi connectivity index (χ4v) is 2.23. The first-order valence-electron chi connectivity index (χ1n) is 5.34. The molecule has 0 aliphatic rings. The molecule has 15 heavy (non-hydrogen) atoms. The lowest BCUT2D eigenvalue weighted by Gasteiger charge is -2.01. The zero-order valence-electron chi connectivity index (χ0n) is 9.13. The Morgan fingerprint density at radius 2 is 2.07 bits per heavy atom. The van der Waals surface area contributed by atoms with Gasteiger partial charge in [-0.15, -0.1) is 0 Å². The summed E-state index contributed by atoms with van der Waals surface area (Å²) in [4.78, 5) is 4.62. The molecule has 2 aromatic rings. The first kappa shape index (κ1) is 10.7. The maximum Gasteiger partial charge on any atom is 0.113 e. The van der Waals surface area contributed by atoms with Crippen molar-refractivity contribution < 1.29 is 0 Å². The zero-order valence-corrected chi connectivity index (χ0v) is 10.7. The molecule has 0 fully saturated rings. The van der Waals surface area contributed by atoms with Gasteiger partial charge in [0.15, 0.2) is 0 Å². The lowest BCUT2D eigenvalue weighted by atomic mass is 10.2. The summed E-state index contributed by atoms with van der Waals surface area (Å²) in [5.74, 6) is 1.15. The summed E-state index contributed by atoms with van der Waals surface area (Å²) in [7, 11) is 0. The van der Waals surface area contributed by atoms with E-state index in [4.69, 9.17) is 0 Å². The number of halogens is 1. The van der Waals surface area contributed by atoms with E-state index in [2.05, 4.69) is 57.5 Å². The topological polar surface area (TPSA) is 17.3 Å². The first-order valence-corrected chi connectivity index (χ1v) is 6.47. The van der Waals surface area contributed by atoms with Crippen molar-refractivity contribution in [3.63, 3.8) is 0 Å². The quantitative estimate of drug-likeness (QED) is 0.779. The van der Waals surface area contributed by atoms with Crippen molar-refractivity contribution in [2.24, 2.45) is 0 Å². The molecule has 0 amide bonds. The molecule has 0 unspecified atom stereocenters. The van der Waals surface area contributed by atoms with Crippen molar-refractivity contribution in [3.05, 3.63) is 35.4 Å². The second kappa shape index (κ2) is 4.35. The van der Waals surface area contributed by atoms with Crippen LogP contribution in [-0.4, -0.2) is 9.38 Å². The predicted octanol–water partition coefficient (Wildman–Crippen LogP) is 3.35. The molecule has 0 saturated heterocycles. The Morgan fingerprint density at radius 3 is 2.67 bits per heavy atom. The molecule has 2 heterocycles. The third-order valence-electron chi connectivity index (χ3n) is 2.70. The summed E-state index contributed by atoms with van der Waals surface area (Å²) in [5.41, 5.74) is 3.71. The minimum absolute atomic E-state index is 0.821. The van der Waals surface area contributed by atoms with Gasteiger partial charge in [0.05, 0.1) is 11.2 Å². The van der Waals surface area contributed by atoms with E-state index in [9.17, 15) is 0 Å². The molecule has 0 bridgehead atoms. The molecule has 0 saturated carbocycles. The predicted molar refractivity (Wildman–Crippen MR) is 66.6 cm³/mol. The van der Waals surface area contributed by atoms with E-state index in [0.717, 1.165) is 29.7 Å². The van der Waals surface area contributed by atoms with E-state index < -0.39 is 0 Å². The van der Waals surface area contributed by atoms with Crippen molar-refractivity contribution >= 4 is 21.4 Å². The average Bonchev–Trinajstić information content (AvgIpc) is 2.65. The largest absolute Gasteiger partial charge is 0.303 e. The Balaban J connectivity index is 2.68. The maximum atomic E-state index is 4.62. The Hall–Kier alpha value is -0.830. The zero-order chi connectivity index (χ0) is 10.8. The van der Waals surface area contributed by atoms with E-state index in [-0.39, 0.29) is 0 Å². The second-order valence-corrected chi connectivity index (χ2v) is 4.17. The minimum Gasteiger partial charge on any atom is -0.303 e. The molecular weight excluding hydrogens is 252 g/mol. The maximum absolute atomic E-state index is 4.62. The van der Waals surface area contributed by atoms with E-state index in [1.807, 2.05) is 0 Å². The van der Waals surface area contributed by atoms with Crippen LogP contribution in [0.25, 0.3) is 5.52 Å². The second-order valence-electron chi connectivity index (χ2n) is 3.61. The van der Waals surface area contributed by atoms with Crippen LogP contribution in [0.2, 0.25) is 0 Å². The Labute approximate surface area is 98.5 Å². The molecular formula is C12H15BrN2. The van der Waals surface area contributed by atoms with Crippen LogP contribution in [-0.2, 0) is 18.2 Å². The van der Waals surface area contributed by atoms with Gasteiger partial charge in [0.25, 0.3) is 0 Å². The van der Waals surface area contributed by atoms with Crippen molar-refractivity contribution in [2.45, 2.75) is 32.0 Å². The summed E-state index contributed by atoms with van der Waals surface area (Å²) in [6.45, 7) is 4.32. The van der Waals surface area contributed by atoms with Gasteiger partial charge >= 0.3 is 0 Å². The molecule has 0 N–H and O–H groups in total. The van der Waals surface area contributed by atoms with Crippen LogP contribution in [0.5, 0.6) is 0 Å². The number of rotatable bonds is 3. The van der Waals surface area contributed by atoms with Gasteiger partial charge in [-0.1, -0.05) is 35.8 Å². The summed E-state index contributed by atoms with van der Waals surface area (Å²) in [6.07, 6.45) is 4.25. The number of aromatic nitrogens is 2. The molecule has 0 aliphatic carbocycles. The normalized spacial score (nSPS) is 11.1. The number of aryl methyl sites for hydroxylation is 2. The first-order chi connectivity index (χ1) is 7.30. The monoisotopic (exact) mass is 266 g/mol. The van der Waals surface area contributed by atoms with Gasteiger partial charge in [0.1, 0.15) is 5.82 Å². The van der Waals surface area contributed by atoms with Crippen LogP contribution in [0.3, 0.4) is 0 Å². The SMILES string of the molecule is CCc1ccc2c(CBr)nc(CC)n2c1. The van der Waals surface area contributed by atoms with Crippen LogP contribution in [0.15, 0.2) is 18.3 Å². The highest BCUT2D eigenvalue weighted by molar-refractivity contribution is 9.08. The van der Waals surface area contributed by atoms with E-state index in [1.165, 1.54) is 11.1 Å². The van der Waals surface area contributed by atoms with Gasteiger partial charge in [-0.3, -0.25) is 0 Å². The number of alkyl halides is 1. The molecule has 3 heteroatoms. The number of fused-ring (bicyclic) bond motifs is 1. The third-order valence-corrected chi connectivity index (χ3v) is 3.23. The fraction of sp³-hybridized carbons (Fsp3) is 0.417. The fourth-order valence-electron chi connectivity index (χ4n) is 1.82. The Bertz CT molecular complexity index is 474. The highest BCUT2D eigenvalue weighted by Crippen LogP contribution is 2.17. The van der Waals surface area contributed by atoms with E-state index >= 15 is 0 Å². The van der Waals surface area contributed by atoms with Crippen LogP contribution in [0, 0.1) is 0 Å². The molecule has 0 aliphatic heterocycles. The molecule has 0 spiro atoms. The average molecular weight is 267 g/mol. The molecule has 2 rings (SSSR count). The van der Waals surface area contributed by atoms with E-state index in [0.29, 0.717) is 0 Å². The molecule has 0 aromatic carbocycles. The van der Waals surface area contributed by atoms with Gasteiger partial charge in [0, 0.05) is 17.9 Å². The number of pyridine rings is 1. The van der Waals surface area contributed by atoms with Crippen molar-refractivity contribution in [1.29, 1.82) is 0 Å². The van der Waals surface area contributed by atoms with Crippen LogP contribution in [0.1, 0.15) is 30.9 Å². The van der Waals surface area contributed by atoms with Crippen molar-refractivity contribution in [2.75, 3.05) is 0 Å². The van der Waals surface area contributed by atoms with Crippen LogP contribution >= 0.6 is 15.9 Å². The molecule has 80 valence electrons. The summed E-state index contributed by atoms with van der Waals surface area (Å²) in [5, 5.41) is 0.821. The highest BCUT2D eigenvalue weighted by Gasteiger charge is 2.08. The van der Waals surface area contributed by atoms with Gasteiger partial charge < -0.3 is 4.40 Å². The number of imidazole rings is 1. The van der Waals surface area contributed by atoms with Gasteiger partial charge in [0.2, 0.25) is 0 Å². The van der Waals surface area contributed by atoms with Gasteiger partial charge in [-0.05, 0) is 18.1 Å². The molecule has 0 radical (unpaired) electrons. The smallest absolute Gasteiger partial charge is 0.113 e. The molecule has 2 nitrogen and oxygen atoms in total. The van der Waals surface area contributed by atoms with Gasteiger partial charge in [-0.25, -0.2) is 4.98 Å². The van der Waals surface area contributed by atoms with Gasteiger partial charge in [-0.2, -0.15) is 0 Å². The summed E-state index contributed by atoms with van der Waals surface area (Å²) >= 11 is 3.48. The number of nitrogens with zero attached hydrogens (tertiary/aromatic N) is 2. The Kier molecular flexibility index (Phi) is 3.10. The summed E-state index contributed by atoms with van der Waals surface area (Å²) in [6, 6.07) is 4.35. The number of hydrogen-bond donors (Lipinski definition) is 0. The lowest BCUT2D eigenvalue weighted by Crippen LogP contribution is -1.93. The van der Waals surface area contributed by atoms with Crippen LogP contribution in [0.4, 0.5) is 0 Å². The third kappa shape index (κ3) is 1.81. The standard InChI is InChI=1S/C12H15BrN2/c1-3-9-5-6-11-10(7-13)14-12(4-2)15(11)8-9/h5-6,8H,3-4,7H2,1-2H3.